The molecule has 0 aromatic heterocycles. The van der Waals surface area contributed by atoms with E-state index in [1.807, 2.05) is 0 Å². The van der Waals surface area contributed by atoms with Crippen LogP contribution in [-0.2, 0) is 24.4 Å². The van der Waals surface area contributed by atoms with E-state index >= 15 is 0 Å². The summed E-state index contributed by atoms with van der Waals surface area (Å²) < 4.78 is 27.4. The lowest BCUT2D eigenvalue weighted by molar-refractivity contribution is -0.139. The third-order valence-electron chi connectivity index (χ3n) is 7.96. The molecular weight excluding hydrogens is 534 g/mol. The molecule has 3 rings (SSSR count). The van der Waals surface area contributed by atoms with Crippen LogP contribution in [0.2, 0.25) is 0 Å². The number of piperidine rings is 2. The van der Waals surface area contributed by atoms with Crippen LogP contribution in [-0.4, -0.2) is 76.6 Å². The Kier molecular flexibility index (Phi) is 12.8. The number of aryl methyl sites for hydroxylation is 1. The van der Waals surface area contributed by atoms with Crippen molar-refractivity contribution < 1.29 is 27.9 Å². The van der Waals surface area contributed by atoms with Crippen LogP contribution in [0, 0.1) is 24.7 Å². The van der Waals surface area contributed by atoms with Gasteiger partial charge in [0.15, 0.2) is 0 Å². The molecule has 0 radical (unpaired) electrons. The van der Waals surface area contributed by atoms with Gasteiger partial charge in [0, 0.05) is 12.5 Å². The summed E-state index contributed by atoms with van der Waals surface area (Å²) >= 11 is 0. The van der Waals surface area contributed by atoms with Crippen molar-refractivity contribution in [2.24, 2.45) is 17.8 Å². The number of aliphatic carboxylic acids is 1. The van der Waals surface area contributed by atoms with Gasteiger partial charge >= 0.3 is 5.97 Å². The van der Waals surface area contributed by atoms with Crippen LogP contribution in [0.15, 0.2) is 29.2 Å². The van der Waals surface area contributed by atoms with Gasteiger partial charge in [-0.2, -0.15) is 4.72 Å². The summed E-state index contributed by atoms with van der Waals surface area (Å²) in [5.74, 6) is -1.12. The number of hydrogen-bond acceptors (Lipinski definition) is 7. The molecule has 2 heterocycles. The monoisotopic (exact) mass is 579 g/mol. The fourth-order valence-corrected chi connectivity index (χ4v) is 6.72. The van der Waals surface area contributed by atoms with Crippen molar-refractivity contribution in [3.8, 4) is 0 Å². The van der Waals surface area contributed by atoms with Crippen molar-refractivity contribution in [1.29, 1.82) is 0 Å². The molecule has 1 unspecified atom stereocenters. The first-order valence-corrected chi connectivity index (χ1v) is 15.9. The third-order valence-corrected chi connectivity index (χ3v) is 9.43. The number of carbonyl (C=O) groups is 3. The summed E-state index contributed by atoms with van der Waals surface area (Å²) in [5, 5.41) is 21.4. The highest BCUT2D eigenvalue weighted by molar-refractivity contribution is 7.89. The second-order valence-electron chi connectivity index (χ2n) is 11.1. The Hall–Kier alpha value is -2.54. The number of carboxylic acids is 1. The van der Waals surface area contributed by atoms with E-state index in [1.54, 1.807) is 19.1 Å². The number of carbonyl (C=O) groups excluding carboxylic acids is 2. The maximum absolute atomic E-state index is 13.1. The maximum atomic E-state index is 13.1. The van der Waals surface area contributed by atoms with Gasteiger partial charge in [-0.1, -0.05) is 12.1 Å². The average Bonchev–Trinajstić information content (AvgIpc) is 2.95. The first kappa shape index (κ1) is 32.0. The van der Waals surface area contributed by atoms with E-state index in [-0.39, 0.29) is 23.3 Å². The summed E-state index contributed by atoms with van der Waals surface area (Å²) in [7, 11) is -4.10. The summed E-state index contributed by atoms with van der Waals surface area (Å²) in [6.07, 6.45) is 7.99. The van der Waals surface area contributed by atoms with Gasteiger partial charge in [-0.3, -0.25) is 14.4 Å². The number of benzene rings is 1. The Bertz CT molecular complexity index is 1060. The molecule has 2 amide bonds. The van der Waals surface area contributed by atoms with Gasteiger partial charge in [0.1, 0.15) is 6.04 Å². The molecule has 0 aliphatic carbocycles. The van der Waals surface area contributed by atoms with Crippen molar-refractivity contribution in [1.82, 2.24) is 26.0 Å². The zero-order valence-corrected chi connectivity index (χ0v) is 24.2. The number of sulfonamides is 1. The normalized spacial score (nSPS) is 17.9. The van der Waals surface area contributed by atoms with E-state index in [4.69, 9.17) is 0 Å². The Morgan fingerprint density at radius 2 is 1.52 bits per heavy atom. The minimum absolute atomic E-state index is 0.0580. The fourth-order valence-electron chi connectivity index (χ4n) is 5.43. The summed E-state index contributed by atoms with van der Waals surface area (Å²) in [4.78, 5) is 37.2. The number of hydrogen-bond donors (Lipinski definition) is 6. The van der Waals surface area contributed by atoms with Crippen LogP contribution in [0.25, 0.3) is 0 Å². The number of carboxylic acid groups (broad SMARTS) is 1. The Morgan fingerprint density at radius 1 is 0.950 bits per heavy atom. The van der Waals surface area contributed by atoms with Crippen LogP contribution >= 0.6 is 0 Å². The minimum Gasteiger partial charge on any atom is -0.480 e. The predicted octanol–water partition coefficient (Wildman–Crippen LogP) is 1.13. The van der Waals surface area contributed by atoms with Crippen LogP contribution in [0.5, 0.6) is 0 Å². The van der Waals surface area contributed by atoms with Crippen molar-refractivity contribution in [3.63, 3.8) is 0 Å². The molecule has 6 N–H and O–H groups in total. The molecular formula is C28H45N5O6S. The quantitative estimate of drug-likeness (QED) is 0.180. The molecule has 1 atom stereocenters. The summed E-state index contributed by atoms with van der Waals surface area (Å²) in [6.45, 7) is 5.01. The van der Waals surface area contributed by atoms with Crippen LogP contribution in [0.3, 0.4) is 0 Å². The predicted molar refractivity (Wildman–Crippen MR) is 152 cm³/mol. The molecule has 11 nitrogen and oxygen atoms in total. The molecule has 1 aromatic carbocycles. The zero-order valence-electron chi connectivity index (χ0n) is 23.4. The first-order chi connectivity index (χ1) is 19.1. The molecule has 2 aliphatic heterocycles. The van der Waals surface area contributed by atoms with E-state index in [0.29, 0.717) is 17.4 Å². The van der Waals surface area contributed by atoms with E-state index in [1.165, 1.54) is 12.1 Å². The lowest BCUT2D eigenvalue weighted by Crippen LogP contribution is -2.50. The van der Waals surface area contributed by atoms with Crippen molar-refractivity contribution >= 4 is 27.8 Å². The van der Waals surface area contributed by atoms with Gasteiger partial charge in [0.05, 0.1) is 11.4 Å². The van der Waals surface area contributed by atoms with Gasteiger partial charge in [-0.25, -0.2) is 8.42 Å². The van der Waals surface area contributed by atoms with Gasteiger partial charge in [0.2, 0.25) is 21.8 Å². The first-order valence-electron chi connectivity index (χ1n) is 14.4. The van der Waals surface area contributed by atoms with E-state index < -0.39 is 34.5 Å². The molecule has 0 saturated carbocycles. The Labute approximate surface area is 237 Å². The number of nitrogens with one attached hydrogen (secondary N) is 5. The molecule has 2 aliphatic rings. The van der Waals surface area contributed by atoms with E-state index in [9.17, 15) is 27.9 Å². The molecule has 40 heavy (non-hydrogen) atoms. The van der Waals surface area contributed by atoms with E-state index in [0.717, 1.165) is 77.5 Å². The number of rotatable bonds is 15. The molecule has 0 spiro atoms. The fraction of sp³-hybridized carbons (Fsp3) is 0.679. The number of amides is 2. The smallest absolute Gasteiger partial charge is 0.323 e. The maximum Gasteiger partial charge on any atom is 0.323 e. The molecule has 0 bridgehead atoms. The van der Waals surface area contributed by atoms with Gasteiger partial charge in [-0.15, -0.1) is 0 Å². The van der Waals surface area contributed by atoms with Crippen molar-refractivity contribution in [2.75, 3.05) is 39.3 Å². The van der Waals surface area contributed by atoms with Crippen LogP contribution < -0.4 is 26.0 Å². The van der Waals surface area contributed by atoms with Crippen LogP contribution in [0.4, 0.5) is 0 Å². The van der Waals surface area contributed by atoms with Gasteiger partial charge < -0.3 is 26.4 Å². The highest BCUT2D eigenvalue weighted by Crippen LogP contribution is 2.26. The van der Waals surface area contributed by atoms with Crippen molar-refractivity contribution in [2.45, 2.75) is 69.2 Å². The highest BCUT2D eigenvalue weighted by Gasteiger charge is 2.27. The third kappa shape index (κ3) is 10.8. The van der Waals surface area contributed by atoms with Crippen molar-refractivity contribution in [3.05, 3.63) is 29.8 Å². The Balaban J connectivity index is 1.49. The lowest BCUT2D eigenvalue weighted by atomic mass is 9.84. The topological polar surface area (TPSA) is 166 Å². The molecule has 224 valence electrons. The zero-order chi connectivity index (χ0) is 29.0. The second-order valence-corrected chi connectivity index (χ2v) is 12.8. The molecule has 1 aromatic rings. The Morgan fingerprint density at radius 3 is 2.05 bits per heavy atom. The standard InChI is InChI=1S/C28H45N5O6S/c1-20-3-2-4-24(17-20)40(38,39)33-25(28(36)37)18-31-26(34)19-32-27(35)23(7-5-21-9-13-29-14-10-21)8-6-22-11-15-30-16-12-22/h2-4,17,21-23,25,29-30,33H,5-16,18-19H2,1H3,(H,31,34)(H,32,35)(H,36,37). The SMILES string of the molecule is Cc1cccc(S(=O)(=O)NC(CNC(=O)CNC(=O)C(CCC2CCNCC2)CCC2CCNCC2)C(=O)O)c1. The summed E-state index contributed by atoms with van der Waals surface area (Å²) in [6, 6.07) is 4.54. The molecule has 12 heteroatoms. The summed E-state index contributed by atoms with van der Waals surface area (Å²) in [5.41, 5.74) is 0.712. The molecule has 2 fully saturated rings. The largest absolute Gasteiger partial charge is 0.480 e. The van der Waals surface area contributed by atoms with E-state index in [2.05, 4.69) is 26.0 Å². The minimum atomic E-state index is -4.10. The van der Waals surface area contributed by atoms with Gasteiger partial charge in [0.25, 0.3) is 0 Å². The lowest BCUT2D eigenvalue weighted by Gasteiger charge is -2.27. The van der Waals surface area contributed by atoms with Gasteiger partial charge in [-0.05, 0) is 114 Å². The molecule has 2 saturated heterocycles. The second kappa shape index (κ2) is 16.0. The average molecular weight is 580 g/mol. The van der Waals surface area contributed by atoms with Crippen LogP contribution in [0.1, 0.15) is 56.9 Å². The highest BCUT2D eigenvalue weighted by atomic mass is 32.2.